The van der Waals surface area contributed by atoms with Crippen LogP contribution in [0.15, 0.2) is 24.3 Å². The van der Waals surface area contributed by atoms with Crippen LogP contribution < -0.4 is 0 Å². The van der Waals surface area contributed by atoms with Gasteiger partial charge in [0.25, 0.3) is 0 Å². The molecule has 0 unspecified atom stereocenters. The maximum Gasteiger partial charge on any atom is -0.0276 e. The predicted molar refractivity (Wildman–Crippen MR) is 77.4 cm³/mol. The average Bonchev–Trinajstić information content (AvgIpc) is 3.12. The zero-order chi connectivity index (χ0) is 12.5. The highest BCUT2D eigenvalue weighted by molar-refractivity contribution is 5.23. The molecule has 17 heavy (non-hydrogen) atoms. The van der Waals surface area contributed by atoms with Crippen LogP contribution in [-0.2, 0) is 12.8 Å². The second-order valence-corrected chi connectivity index (χ2v) is 5.26. The normalized spacial score (nSPS) is 14.1. The molecule has 0 heteroatoms. The van der Waals surface area contributed by atoms with E-state index in [4.69, 9.17) is 0 Å². The lowest BCUT2D eigenvalue weighted by molar-refractivity contribution is 0.725. The van der Waals surface area contributed by atoms with Gasteiger partial charge >= 0.3 is 0 Å². The largest absolute Gasteiger partial charge is 0.0656 e. The molecule has 0 amide bonds. The zero-order valence-electron chi connectivity index (χ0n) is 11.8. The SMILES string of the molecule is CCC.CCCc1cccc(CCC2CC2)c1. The fourth-order valence-corrected chi connectivity index (χ4v) is 2.01. The Hall–Kier alpha value is -0.780. The van der Waals surface area contributed by atoms with Crippen LogP contribution in [-0.4, -0.2) is 0 Å². The number of aryl methyl sites for hydroxylation is 2. The topological polar surface area (TPSA) is 0 Å². The van der Waals surface area contributed by atoms with Gasteiger partial charge in [-0.2, -0.15) is 0 Å². The van der Waals surface area contributed by atoms with E-state index >= 15 is 0 Å². The molecule has 1 fully saturated rings. The van der Waals surface area contributed by atoms with Crippen LogP contribution in [0.25, 0.3) is 0 Å². The summed E-state index contributed by atoms with van der Waals surface area (Å²) in [5.41, 5.74) is 3.06. The van der Waals surface area contributed by atoms with E-state index in [1.165, 1.54) is 50.5 Å². The van der Waals surface area contributed by atoms with Gasteiger partial charge in [0.15, 0.2) is 0 Å². The molecular formula is C17H28. The molecule has 0 spiro atoms. The number of hydrogen-bond acceptors (Lipinski definition) is 0. The maximum absolute atomic E-state index is 2.39. The lowest BCUT2D eigenvalue weighted by Crippen LogP contribution is -1.89. The van der Waals surface area contributed by atoms with Crippen LogP contribution >= 0.6 is 0 Å². The first-order valence-electron chi connectivity index (χ1n) is 7.37. The quantitative estimate of drug-likeness (QED) is 0.638. The molecule has 0 radical (unpaired) electrons. The van der Waals surface area contributed by atoms with Crippen LogP contribution in [0.5, 0.6) is 0 Å². The van der Waals surface area contributed by atoms with Crippen LogP contribution in [0.2, 0.25) is 0 Å². The van der Waals surface area contributed by atoms with E-state index in [2.05, 4.69) is 45.0 Å². The highest BCUT2D eigenvalue weighted by Crippen LogP contribution is 2.33. The second kappa shape index (κ2) is 8.33. The Kier molecular flexibility index (Phi) is 7.00. The van der Waals surface area contributed by atoms with Gasteiger partial charge in [-0.05, 0) is 36.3 Å². The van der Waals surface area contributed by atoms with Gasteiger partial charge in [-0.25, -0.2) is 0 Å². The Labute approximate surface area is 107 Å². The zero-order valence-corrected chi connectivity index (χ0v) is 11.8. The summed E-state index contributed by atoms with van der Waals surface area (Å²) < 4.78 is 0. The average molecular weight is 232 g/mol. The van der Waals surface area contributed by atoms with Gasteiger partial charge in [0, 0.05) is 0 Å². The van der Waals surface area contributed by atoms with Crippen molar-refractivity contribution in [3.05, 3.63) is 35.4 Å². The molecule has 1 aliphatic carbocycles. The molecule has 1 aromatic carbocycles. The molecule has 0 bridgehead atoms. The molecule has 1 aliphatic rings. The Morgan fingerprint density at radius 1 is 1.00 bits per heavy atom. The summed E-state index contributed by atoms with van der Waals surface area (Å²) in [5, 5.41) is 0. The summed E-state index contributed by atoms with van der Waals surface area (Å²) in [4.78, 5) is 0. The molecule has 0 heterocycles. The third-order valence-corrected chi connectivity index (χ3v) is 3.07. The van der Waals surface area contributed by atoms with E-state index in [0.29, 0.717) is 0 Å². The van der Waals surface area contributed by atoms with Gasteiger partial charge in [0.1, 0.15) is 0 Å². The first-order chi connectivity index (χ1) is 8.30. The van der Waals surface area contributed by atoms with Gasteiger partial charge in [-0.1, -0.05) is 70.7 Å². The fourth-order valence-electron chi connectivity index (χ4n) is 2.01. The molecule has 0 saturated heterocycles. The Morgan fingerprint density at radius 2 is 1.59 bits per heavy atom. The molecule has 0 atom stereocenters. The third kappa shape index (κ3) is 6.51. The van der Waals surface area contributed by atoms with Crippen LogP contribution in [0.4, 0.5) is 0 Å². The van der Waals surface area contributed by atoms with E-state index in [9.17, 15) is 0 Å². The van der Waals surface area contributed by atoms with Crippen molar-refractivity contribution in [1.29, 1.82) is 0 Å². The molecule has 0 N–H and O–H groups in total. The molecular weight excluding hydrogens is 204 g/mol. The van der Waals surface area contributed by atoms with Crippen LogP contribution in [0.1, 0.15) is 64.0 Å². The summed E-state index contributed by atoms with van der Waals surface area (Å²) in [5.74, 6) is 1.06. The summed E-state index contributed by atoms with van der Waals surface area (Å²) >= 11 is 0. The first-order valence-corrected chi connectivity index (χ1v) is 7.37. The van der Waals surface area contributed by atoms with Crippen LogP contribution in [0.3, 0.4) is 0 Å². The fraction of sp³-hybridized carbons (Fsp3) is 0.647. The maximum atomic E-state index is 2.39. The van der Waals surface area contributed by atoms with Crippen molar-refractivity contribution in [2.45, 2.75) is 65.7 Å². The summed E-state index contributed by atoms with van der Waals surface area (Å²) in [6, 6.07) is 9.14. The van der Waals surface area contributed by atoms with Gasteiger partial charge in [0.05, 0.1) is 0 Å². The van der Waals surface area contributed by atoms with E-state index in [0.717, 1.165) is 5.92 Å². The van der Waals surface area contributed by atoms with Crippen molar-refractivity contribution < 1.29 is 0 Å². The monoisotopic (exact) mass is 232 g/mol. The lowest BCUT2D eigenvalue weighted by Gasteiger charge is -2.03. The minimum absolute atomic E-state index is 1.06. The minimum Gasteiger partial charge on any atom is -0.0656 e. The Balaban J connectivity index is 0.000000437. The predicted octanol–water partition coefficient (Wildman–Crippen LogP) is 5.40. The standard InChI is InChI=1S/C14H20.C3H8/c1-2-4-13-5-3-6-14(11-13)10-9-12-7-8-12;1-3-2/h3,5-6,11-12H,2,4,7-10H2,1H3;3H2,1-2H3. The van der Waals surface area contributed by atoms with Crippen molar-refractivity contribution in [1.82, 2.24) is 0 Å². The first kappa shape index (κ1) is 14.3. The van der Waals surface area contributed by atoms with Gasteiger partial charge in [-0.3, -0.25) is 0 Å². The molecule has 1 aromatic rings. The molecule has 0 nitrogen and oxygen atoms in total. The molecule has 2 rings (SSSR count). The van der Waals surface area contributed by atoms with Crippen molar-refractivity contribution in [3.8, 4) is 0 Å². The highest BCUT2D eigenvalue weighted by Gasteiger charge is 2.20. The summed E-state index contributed by atoms with van der Waals surface area (Å²) in [6.07, 6.45) is 9.41. The molecule has 0 aliphatic heterocycles. The number of rotatable bonds is 5. The molecule has 96 valence electrons. The summed E-state index contributed by atoms with van der Waals surface area (Å²) in [6.45, 7) is 6.50. The van der Waals surface area contributed by atoms with E-state index in [1.54, 1.807) is 5.56 Å². The molecule has 0 aromatic heterocycles. The van der Waals surface area contributed by atoms with Crippen LogP contribution in [0, 0.1) is 5.92 Å². The smallest absolute Gasteiger partial charge is 0.0276 e. The van der Waals surface area contributed by atoms with Crippen molar-refractivity contribution in [2.75, 3.05) is 0 Å². The Morgan fingerprint density at radius 3 is 2.12 bits per heavy atom. The summed E-state index contributed by atoms with van der Waals surface area (Å²) in [7, 11) is 0. The second-order valence-electron chi connectivity index (χ2n) is 5.26. The van der Waals surface area contributed by atoms with Gasteiger partial charge < -0.3 is 0 Å². The van der Waals surface area contributed by atoms with Crippen molar-refractivity contribution >= 4 is 0 Å². The third-order valence-electron chi connectivity index (χ3n) is 3.07. The minimum atomic E-state index is 1.06. The van der Waals surface area contributed by atoms with Crippen molar-refractivity contribution in [2.24, 2.45) is 5.92 Å². The Bertz CT molecular complexity index is 297. The number of benzene rings is 1. The van der Waals surface area contributed by atoms with Crippen molar-refractivity contribution in [3.63, 3.8) is 0 Å². The van der Waals surface area contributed by atoms with Gasteiger partial charge in [-0.15, -0.1) is 0 Å². The van der Waals surface area contributed by atoms with E-state index in [1.807, 2.05) is 0 Å². The lowest BCUT2D eigenvalue weighted by atomic mass is 10.0. The number of hydrogen-bond donors (Lipinski definition) is 0. The van der Waals surface area contributed by atoms with E-state index in [-0.39, 0.29) is 0 Å². The highest BCUT2D eigenvalue weighted by atomic mass is 14.3. The van der Waals surface area contributed by atoms with Gasteiger partial charge in [0.2, 0.25) is 0 Å². The molecule has 1 saturated carbocycles. The van der Waals surface area contributed by atoms with E-state index < -0.39 is 0 Å².